The van der Waals surface area contributed by atoms with E-state index in [0.717, 1.165) is 6.20 Å². The van der Waals surface area contributed by atoms with Gasteiger partial charge in [0, 0.05) is 18.3 Å². The summed E-state index contributed by atoms with van der Waals surface area (Å²) in [6, 6.07) is 0. The Balaban J connectivity index is 3.18. The average molecular weight is 291 g/mol. The van der Waals surface area contributed by atoms with E-state index in [2.05, 4.69) is 9.71 Å². The molecule has 0 aliphatic heterocycles. The van der Waals surface area contributed by atoms with Gasteiger partial charge in [-0.05, 0) is 19.8 Å². The Morgan fingerprint density at radius 1 is 1.42 bits per heavy atom. The number of nitrogens with one attached hydrogen (secondary N) is 3. The standard InChI is InChI=1S/C10H17N3O5S/c1-3-10(2,4-5-14)13-19(17,18)7-6-11-9(16)12-8(7)15/h6,13-14H,3-5H2,1-2H3,(H2,11,12,15,16). The van der Waals surface area contributed by atoms with Crippen LogP contribution in [0.15, 0.2) is 20.7 Å². The molecule has 0 aliphatic rings. The number of aliphatic hydroxyl groups excluding tert-OH is 1. The van der Waals surface area contributed by atoms with Crippen LogP contribution in [0.25, 0.3) is 0 Å². The molecule has 4 N–H and O–H groups in total. The second-order valence-electron chi connectivity index (χ2n) is 4.43. The zero-order valence-corrected chi connectivity index (χ0v) is 11.5. The summed E-state index contributed by atoms with van der Waals surface area (Å²) in [6.45, 7) is 3.20. The molecular weight excluding hydrogens is 274 g/mol. The number of aliphatic hydroxyl groups is 1. The van der Waals surface area contributed by atoms with Gasteiger partial charge < -0.3 is 10.1 Å². The highest BCUT2D eigenvalue weighted by Crippen LogP contribution is 2.17. The van der Waals surface area contributed by atoms with Gasteiger partial charge in [-0.3, -0.25) is 9.78 Å². The summed E-state index contributed by atoms with van der Waals surface area (Å²) >= 11 is 0. The lowest BCUT2D eigenvalue weighted by atomic mass is 9.97. The van der Waals surface area contributed by atoms with Crippen LogP contribution < -0.4 is 16.0 Å². The Labute approximate surface area is 109 Å². The molecule has 1 aromatic heterocycles. The first kappa shape index (κ1) is 15.6. The summed E-state index contributed by atoms with van der Waals surface area (Å²) in [4.78, 5) is 25.7. The summed E-state index contributed by atoms with van der Waals surface area (Å²) in [5.74, 6) is 0. The van der Waals surface area contributed by atoms with Crippen molar-refractivity contribution in [3.8, 4) is 0 Å². The number of hydrogen-bond acceptors (Lipinski definition) is 5. The Morgan fingerprint density at radius 2 is 2.05 bits per heavy atom. The molecule has 0 saturated carbocycles. The van der Waals surface area contributed by atoms with Crippen molar-refractivity contribution >= 4 is 10.0 Å². The highest BCUT2D eigenvalue weighted by Gasteiger charge is 2.30. The highest BCUT2D eigenvalue weighted by molar-refractivity contribution is 7.89. The van der Waals surface area contributed by atoms with Crippen molar-refractivity contribution in [2.24, 2.45) is 0 Å². The van der Waals surface area contributed by atoms with Crippen LogP contribution in [-0.2, 0) is 10.0 Å². The minimum Gasteiger partial charge on any atom is -0.396 e. The van der Waals surface area contributed by atoms with Gasteiger partial charge in [-0.2, -0.15) is 0 Å². The van der Waals surface area contributed by atoms with Crippen molar-refractivity contribution in [1.82, 2.24) is 14.7 Å². The molecule has 1 unspecified atom stereocenters. The summed E-state index contributed by atoms with van der Waals surface area (Å²) in [5, 5.41) is 8.94. The molecule has 0 aliphatic carbocycles. The van der Waals surface area contributed by atoms with Gasteiger partial charge in [0.05, 0.1) is 0 Å². The van der Waals surface area contributed by atoms with Crippen molar-refractivity contribution in [2.45, 2.75) is 37.1 Å². The molecule has 1 aromatic rings. The summed E-state index contributed by atoms with van der Waals surface area (Å²) in [6.07, 6.45) is 1.50. The topological polar surface area (TPSA) is 132 Å². The molecule has 0 bridgehead atoms. The quantitative estimate of drug-likeness (QED) is 0.528. The lowest BCUT2D eigenvalue weighted by Crippen LogP contribution is -2.47. The monoisotopic (exact) mass is 291 g/mol. The van der Waals surface area contributed by atoms with Crippen LogP contribution in [0, 0.1) is 0 Å². The second-order valence-corrected chi connectivity index (χ2v) is 6.08. The van der Waals surface area contributed by atoms with Crippen molar-refractivity contribution in [2.75, 3.05) is 6.61 Å². The van der Waals surface area contributed by atoms with Crippen LogP contribution in [-0.4, -0.2) is 35.6 Å². The van der Waals surface area contributed by atoms with Gasteiger partial charge in [-0.1, -0.05) is 6.92 Å². The minimum absolute atomic E-state index is 0.186. The van der Waals surface area contributed by atoms with Gasteiger partial charge in [-0.25, -0.2) is 17.9 Å². The number of aromatic nitrogens is 2. The van der Waals surface area contributed by atoms with Gasteiger partial charge in [0.25, 0.3) is 5.56 Å². The lowest BCUT2D eigenvalue weighted by Gasteiger charge is -2.28. The molecule has 0 fully saturated rings. The molecule has 1 rings (SSSR count). The van der Waals surface area contributed by atoms with E-state index in [1.54, 1.807) is 13.8 Å². The molecule has 1 atom stereocenters. The molecule has 0 amide bonds. The fraction of sp³-hybridized carbons (Fsp3) is 0.600. The molecule has 0 saturated heterocycles. The number of H-pyrrole nitrogens is 2. The van der Waals surface area contributed by atoms with E-state index < -0.39 is 31.7 Å². The molecule has 8 nitrogen and oxygen atoms in total. The molecule has 0 spiro atoms. The third-order valence-corrected chi connectivity index (χ3v) is 4.54. The van der Waals surface area contributed by atoms with E-state index in [-0.39, 0.29) is 13.0 Å². The van der Waals surface area contributed by atoms with Crippen molar-refractivity contribution in [1.29, 1.82) is 0 Å². The first-order valence-corrected chi connectivity index (χ1v) is 7.19. The maximum absolute atomic E-state index is 12.1. The van der Waals surface area contributed by atoms with E-state index in [9.17, 15) is 18.0 Å². The maximum atomic E-state index is 12.1. The fourth-order valence-electron chi connectivity index (χ4n) is 1.52. The summed E-state index contributed by atoms with van der Waals surface area (Å²) < 4.78 is 26.5. The maximum Gasteiger partial charge on any atom is 0.325 e. The van der Waals surface area contributed by atoms with Crippen LogP contribution in [0.5, 0.6) is 0 Å². The number of rotatable bonds is 6. The normalized spacial score (nSPS) is 15.1. The Hall–Kier alpha value is -1.45. The van der Waals surface area contributed by atoms with E-state index >= 15 is 0 Å². The molecule has 19 heavy (non-hydrogen) atoms. The first-order chi connectivity index (χ1) is 8.74. The lowest BCUT2D eigenvalue weighted by molar-refractivity contribution is 0.233. The average Bonchev–Trinajstić information content (AvgIpc) is 2.27. The van der Waals surface area contributed by atoms with Gasteiger partial charge in [0.1, 0.15) is 0 Å². The van der Waals surface area contributed by atoms with Crippen LogP contribution >= 0.6 is 0 Å². The minimum atomic E-state index is -4.07. The predicted octanol–water partition coefficient (Wildman–Crippen LogP) is -1.11. The Morgan fingerprint density at radius 3 is 2.53 bits per heavy atom. The third-order valence-electron chi connectivity index (χ3n) is 2.90. The number of aromatic amines is 2. The van der Waals surface area contributed by atoms with Crippen LogP contribution in [0.1, 0.15) is 26.7 Å². The Kier molecular flexibility index (Phi) is 4.66. The molecule has 1 heterocycles. The van der Waals surface area contributed by atoms with Crippen molar-refractivity contribution in [3.05, 3.63) is 27.0 Å². The fourth-order valence-corrected chi connectivity index (χ4v) is 3.04. The number of hydrogen-bond donors (Lipinski definition) is 4. The molecule has 0 aromatic carbocycles. The van der Waals surface area contributed by atoms with E-state index in [0.29, 0.717) is 6.42 Å². The first-order valence-electron chi connectivity index (χ1n) is 5.71. The third kappa shape index (κ3) is 3.75. The largest absolute Gasteiger partial charge is 0.396 e. The van der Waals surface area contributed by atoms with Gasteiger partial charge in [0.15, 0.2) is 4.90 Å². The Bertz CT molecular complexity index is 648. The van der Waals surface area contributed by atoms with Gasteiger partial charge >= 0.3 is 5.69 Å². The van der Waals surface area contributed by atoms with Crippen molar-refractivity contribution < 1.29 is 13.5 Å². The molecule has 9 heteroatoms. The molecule has 108 valence electrons. The zero-order chi connectivity index (χ0) is 14.7. The SMILES string of the molecule is CCC(C)(CCO)NS(=O)(=O)c1c[nH]c(=O)[nH]c1=O. The van der Waals surface area contributed by atoms with Crippen LogP contribution in [0.3, 0.4) is 0 Å². The smallest absolute Gasteiger partial charge is 0.325 e. The van der Waals surface area contributed by atoms with Gasteiger partial charge in [-0.15, -0.1) is 0 Å². The van der Waals surface area contributed by atoms with Crippen LogP contribution in [0.2, 0.25) is 0 Å². The summed E-state index contributed by atoms with van der Waals surface area (Å²) in [5.41, 5.74) is -2.63. The predicted molar refractivity (Wildman–Crippen MR) is 68.4 cm³/mol. The van der Waals surface area contributed by atoms with E-state index in [4.69, 9.17) is 5.11 Å². The number of sulfonamides is 1. The zero-order valence-electron chi connectivity index (χ0n) is 10.7. The van der Waals surface area contributed by atoms with E-state index in [1.165, 1.54) is 0 Å². The van der Waals surface area contributed by atoms with E-state index in [1.807, 2.05) is 4.98 Å². The molecule has 0 radical (unpaired) electrons. The highest BCUT2D eigenvalue weighted by atomic mass is 32.2. The van der Waals surface area contributed by atoms with Crippen LogP contribution in [0.4, 0.5) is 0 Å². The van der Waals surface area contributed by atoms with Gasteiger partial charge in [0.2, 0.25) is 10.0 Å². The molecular formula is C10H17N3O5S. The second kappa shape index (κ2) is 5.68. The summed E-state index contributed by atoms with van der Waals surface area (Å²) in [7, 11) is -4.07. The van der Waals surface area contributed by atoms with Crippen molar-refractivity contribution in [3.63, 3.8) is 0 Å².